The van der Waals surface area contributed by atoms with Crippen LogP contribution in [0.2, 0.25) is 0 Å². The number of anilines is 1. The molecule has 0 bridgehead atoms. The Bertz CT molecular complexity index is 1970. The lowest BCUT2D eigenvalue weighted by molar-refractivity contribution is -0.138. The molecule has 0 saturated heterocycles. The van der Waals surface area contributed by atoms with Crippen LogP contribution in [0.1, 0.15) is 54.1 Å². The molecule has 1 atom stereocenters. The van der Waals surface area contributed by atoms with Crippen molar-refractivity contribution in [2.75, 3.05) is 71.2 Å². The predicted octanol–water partition coefficient (Wildman–Crippen LogP) is 2.77. The Balaban J connectivity index is 1.18. The third kappa shape index (κ3) is 14.7. The van der Waals surface area contributed by atoms with Crippen molar-refractivity contribution in [3.8, 4) is 5.75 Å². The SMILES string of the molecule is CCOCCOCCOCCCNC(=O)CCCOc1cc(C)c(S(=O)(=O)N[C@@H](CNC(=O)c2ccc3c(cnn3CCCNc3ncc[nH]3)c2)C(=O)O)c(C)c1. The molecule has 4 aromatic rings. The Morgan fingerprint density at radius 3 is 2.35 bits per heavy atom. The predicted molar refractivity (Wildman–Crippen MR) is 212 cm³/mol. The van der Waals surface area contributed by atoms with Gasteiger partial charge >= 0.3 is 5.97 Å². The van der Waals surface area contributed by atoms with Gasteiger partial charge in [0.15, 0.2) is 5.95 Å². The number of imidazole rings is 1. The summed E-state index contributed by atoms with van der Waals surface area (Å²) in [6.07, 6.45) is 7.18. The number of rotatable bonds is 28. The summed E-state index contributed by atoms with van der Waals surface area (Å²) < 4.78 is 52.8. The van der Waals surface area contributed by atoms with E-state index in [1.807, 2.05) is 11.6 Å². The van der Waals surface area contributed by atoms with Gasteiger partial charge in [-0.3, -0.25) is 19.1 Å². The number of carboxylic acid groups (broad SMARTS) is 1. The molecule has 57 heavy (non-hydrogen) atoms. The van der Waals surface area contributed by atoms with Crippen LogP contribution in [-0.4, -0.2) is 123 Å². The maximum Gasteiger partial charge on any atom is 0.323 e. The van der Waals surface area contributed by atoms with Crippen molar-refractivity contribution in [1.82, 2.24) is 35.1 Å². The molecule has 0 aliphatic carbocycles. The largest absolute Gasteiger partial charge is 0.494 e. The van der Waals surface area contributed by atoms with Gasteiger partial charge in [-0.1, -0.05) is 0 Å². The average Bonchev–Trinajstić information content (AvgIpc) is 3.85. The van der Waals surface area contributed by atoms with Crippen LogP contribution in [0.3, 0.4) is 0 Å². The highest BCUT2D eigenvalue weighted by atomic mass is 32.2. The number of aromatic amines is 1. The van der Waals surface area contributed by atoms with Gasteiger partial charge in [-0.15, -0.1) is 0 Å². The topological polar surface area (TPSA) is 237 Å². The third-order valence-corrected chi connectivity index (χ3v) is 10.3. The number of aromatic nitrogens is 4. The van der Waals surface area contributed by atoms with Gasteiger partial charge in [0, 0.05) is 69.2 Å². The van der Waals surface area contributed by atoms with Crippen molar-refractivity contribution in [3.63, 3.8) is 0 Å². The fourth-order valence-electron chi connectivity index (χ4n) is 5.84. The normalized spacial score (nSPS) is 12.1. The van der Waals surface area contributed by atoms with Gasteiger partial charge in [-0.05, 0) is 81.5 Å². The first-order valence-electron chi connectivity index (χ1n) is 18.9. The van der Waals surface area contributed by atoms with E-state index in [0.717, 1.165) is 17.3 Å². The zero-order valence-electron chi connectivity index (χ0n) is 32.7. The van der Waals surface area contributed by atoms with Crippen molar-refractivity contribution in [2.45, 2.75) is 63.9 Å². The number of hydrogen-bond donors (Lipinski definition) is 6. The van der Waals surface area contributed by atoms with E-state index in [1.54, 1.807) is 62.8 Å². The summed E-state index contributed by atoms with van der Waals surface area (Å²) in [5.74, 6) is -1.04. The van der Waals surface area contributed by atoms with E-state index in [-0.39, 0.29) is 29.4 Å². The summed E-state index contributed by atoms with van der Waals surface area (Å²) in [7, 11) is -4.33. The highest BCUT2D eigenvalue weighted by Crippen LogP contribution is 2.26. The number of sulfonamides is 1. The molecule has 18 nitrogen and oxygen atoms in total. The first-order valence-corrected chi connectivity index (χ1v) is 20.4. The molecular formula is C38H54N8O10S. The molecular weight excluding hydrogens is 761 g/mol. The number of H-pyrrole nitrogens is 1. The van der Waals surface area contributed by atoms with Gasteiger partial charge in [0.05, 0.1) is 49.6 Å². The number of aryl methyl sites for hydroxylation is 3. The van der Waals surface area contributed by atoms with Crippen molar-refractivity contribution in [2.24, 2.45) is 0 Å². The molecule has 0 aliphatic heterocycles. The van der Waals surface area contributed by atoms with E-state index in [2.05, 4.69) is 35.7 Å². The van der Waals surface area contributed by atoms with E-state index >= 15 is 0 Å². The summed E-state index contributed by atoms with van der Waals surface area (Å²) in [6.45, 7) is 9.83. The van der Waals surface area contributed by atoms with E-state index in [1.165, 1.54) is 0 Å². The Kier molecular flexibility index (Phi) is 18.2. The minimum absolute atomic E-state index is 0.0934. The van der Waals surface area contributed by atoms with E-state index in [4.69, 9.17) is 18.9 Å². The van der Waals surface area contributed by atoms with Crippen molar-refractivity contribution in [1.29, 1.82) is 0 Å². The molecule has 0 radical (unpaired) electrons. The van der Waals surface area contributed by atoms with E-state index in [9.17, 15) is 27.9 Å². The highest BCUT2D eigenvalue weighted by molar-refractivity contribution is 7.89. The second kappa shape index (κ2) is 23.2. The Labute approximate surface area is 332 Å². The number of carboxylic acids is 1. The molecule has 2 amide bonds. The van der Waals surface area contributed by atoms with Crippen LogP contribution in [-0.2, 0) is 40.4 Å². The average molecular weight is 815 g/mol. The van der Waals surface area contributed by atoms with Gasteiger partial charge in [0.1, 0.15) is 11.8 Å². The van der Waals surface area contributed by atoms with Crippen LogP contribution in [0.15, 0.2) is 53.8 Å². The number of carbonyl (C=O) groups excluding carboxylic acids is 2. The van der Waals surface area contributed by atoms with Crippen LogP contribution in [0.5, 0.6) is 5.75 Å². The number of benzene rings is 2. The maximum atomic E-state index is 13.5. The van der Waals surface area contributed by atoms with E-state index < -0.39 is 34.5 Å². The second-order valence-corrected chi connectivity index (χ2v) is 14.7. The fraction of sp³-hybridized carbons (Fsp3) is 0.500. The van der Waals surface area contributed by atoms with Crippen molar-refractivity contribution >= 4 is 44.7 Å². The zero-order valence-corrected chi connectivity index (χ0v) is 33.5. The lowest BCUT2D eigenvalue weighted by Crippen LogP contribution is -2.48. The molecule has 312 valence electrons. The van der Waals surface area contributed by atoms with Gasteiger partial charge in [-0.25, -0.2) is 13.4 Å². The molecule has 6 N–H and O–H groups in total. The third-order valence-electron chi connectivity index (χ3n) is 8.56. The molecule has 0 fully saturated rings. The van der Waals surface area contributed by atoms with Crippen LogP contribution in [0.25, 0.3) is 10.9 Å². The molecule has 0 spiro atoms. The molecule has 0 unspecified atom stereocenters. The van der Waals surface area contributed by atoms with Crippen molar-refractivity contribution < 1.29 is 46.9 Å². The number of aliphatic carboxylic acids is 1. The first-order chi connectivity index (χ1) is 27.5. The lowest BCUT2D eigenvalue weighted by Gasteiger charge is -2.19. The number of ether oxygens (including phenoxy) is 4. The Hall–Kier alpha value is -5.08. The smallest absolute Gasteiger partial charge is 0.323 e. The standard InChI is InChI=1S/C38H54N8O10S/c1-4-53-18-19-55-21-20-54-16-7-12-39-34(47)8-5-17-56-31-22-27(2)35(28(3)23-31)57(51,52)45-32(37(49)50)26-43-36(48)29-9-10-33-30(24-29)25-44-46(33)15-6-11-40-38-41-13-14-42-38/h9-10,13-14,22-25,32,45H,4-8,11-12,15-21,26H2,1-3H3,(H,39,47)(H,43,48)(H,49,50)(H2,40,41,42)/t32-/m0/s1. The molecule has 4 rings (SSSR count). The van der Waals surface area contributed by atoms with E-state index in [0.29, 0.717) is 94.9 Å². The molecule has 2 aromatic heterocycles. The number of nitrogens with zero attached hydrogens (tertiary/aromatic N) is 3. The molecule has 0 aliphatic rings. The number of amides is 2. The molecule has 0 saturated carbocycles. The first kappa shape index (κ1) is 44.6. The minimum Gasteiger partial charge on any atom is -0.494 e. The summed E-state index contributed by atoms with van der Waals surface area (Å²) >= 11 is 0. The van der Waals surface area contributed by atoms with Gasteiger partial charge in [0.25, 0.3) is 5.91 Å². The lowest BCUT2D eigenvalue weighted by atomic mass is 10.1. The maximum absolute atomic E-state index is 13.5. The number of fused-ring (bicyclic) bond motifs is 1. The quantitative estimate of drug-likeness (QED) is 0.0453. The summed E-state index contributed by atoms with van der Waals surface area (Å²) in [5.41, 5.74) is 1.77. The Morgan fingerprint density at radius 2 is 1.65 bits per heavy atom. The summed E-state index contributed by atoms with van der Waals surface area (Å²) in [4.78, 5) is 44.4. The van der Waals surface area contributed by atoms with Crippen LogP contribution < -0.4 is 25.4 Å². The van der Waals surface area contributed by atoms with Crippen molar-refractivity contribution in [3.05, 3.63) is 65.6 Å². The summed E-state index contributed by atoms with van der Waals surface area (Å²) in [6, 6.07) is 6.44. The molecule has 2 aromatic carbocycles. The summed E-state index contributed by atoms with van der Waals surface area (Å²) in [5, 5.41) is 23.6. The zero-order chi connectivity index (χ0) is 41.0. The second-order valence-electron chi connectivity index (χ2n) is 13.0. The highest BCUT2D eigenvalue weighted by Gasteiger charge is 2.29. The Morgan fingerprint density at radius 1 is 0.912 bits per heavy atom. The van der Waals surface area contributed by atoms with Crippen LogP contribution >= 0.6 is 0 Å². The molecule has 19 heteroatoms. The van der Waals surface area contributed by atoms with Gasteiger partial charge in [0.2, 0.25) is 15.9 Å². The number of carbonyl (C=O) groups is 3. The number of nitrogens with one attached hydrogen (secondary N) is 5. The minimum atomic E-state index is -4.33. The fourth-order valence-corrected chi connectivity index (χ4v) is 7.48. The van der Waals surface area contributed by atoms with Gasteiger partial charge < -0.3 is 45.0 Å². The van der Waals surface area contributed by atoms with Crippen LogP contribution in [0.4, 0.5) is 5.95 Å². The van der Waals surface area contributed by atoms with Crippen LogP contribution in [0, 0.1) is 13.8 Å². The van der Waals surface area contributed by atoms with Gasteiger partial charge in [-0.2, -0.15) is 9.82 Å². The number of hydrogen-bond acceptors (Lipinski definition) is 12. The monoisotopic (exact) mass is 814 g/mol. The molecule has 2 heterocycles.